The fourth-order valence-electron chi connectivity index (χ4n) is 1.48. The number of aliphatic carboxylic acids is 1. The molecule has 0 saturated heterocycles. The van der Waals surface area contributed by atoms with Gasteiger partial charge in [0.05, 0.1) is 12.5 Å². The molecule has 1 N–H and O–H groups in total. The van der Waals surface area contributed by atoms with Gasteiger partial charge >= 0.3 is 18.2 Å². The molecular weight excluding hydrogens is 253 g/mol. The van der Waals surface area contributed by atoms with Gasteiger partial charge in [-0.25, -0.2) is 4.98 Å². The molecule has 0 unspecified atom stereocenters. The molecule has 0 radical (unpaired) electrons. The molecule has 0 spiro atoms. The number of carboxylic acids is 1. The van der Waals surface area contributed by atoms with E-state index in [1.54, 1.807) is 0 Å². The van der Waals surface area contributed by atoms with Crippen LogP contribution >= 0.6 is 0 Å². The first-order valence-corrected chi connectivity index (χ1v) is 5.14. The molecule has 1 aliphatic rings. The van der Waals surface area contributed by atoms with Crippen molar-refractivity contribution < 1.29 is 27.8 Å². The van der Waals surface area contributed by atoms with E-state index in [2.05, 4.69) is 9.97 Å². The highest BCUT2D eigenvalue weighted by Gasteiger charge is 2.43. The van der Waals surface area contributed by atoms with Crippen LogP contribution in [0, 0.1) is 11.8 Å². The number of ether oxygens (including phenoxy) is 1. The standard InChI is InChI=1S/C10H9F3N2O3/c11-10(12,13)7-1-2-14-9(15-7)18-4-5-3-6(5)8(16)17/h1-2,5-6H,3-4H2,(H,16,17)/t5-,6+/m0/s1. The Morgan fingerprint density at radius 3 is 2.83 bits per heavy atom. The first-order chi connectivity index (χ1) is 8.38. The van der Waals surface area contributed by atoms with Crippen molar-refractivity contribution in [1.29, 1.82) is 0 Å². The quantitative estimate of drug-likeness (QED) is 0.892. The Hall–Kier alpha value is -1.86. The van der Waals surface area contributed by atoms with Crippen LogP contribution in [-0.4, -0.2) is 27.7 Å². The Morgan fingerprint density at radius 2 is 2.28 bits per heavy atom. The molecule has 98 valence electrons. The number of carboxylic acid groups (broad SMARTS) is 1. The highest BCUT2D eigenvalue weighted by atomic mass is 19.4. The van der Waals surface area contributed by atoms with Gasteiger partial charge in [0.1, 0.15) is 0 Å². The van der Waals surface area contributed by atoms with Gasteiger partial charge in [-0.2, -0.15) is 18.2 Å². The lowest BCUT2D eigenvalue weighted by Gasteiger charge is -2.07. The van der Waals surface area contributed by atoms with E-state index in [-0.39, 0.29) is 18.5 Å². The Kier molecular flexibility index (Phi) is 3.10. The summed E-state index contributed by atoms with van der Waals surface area (Å²) >= 11 is 0. The van der Waals surface area contributed by atoms with E-state index < -0.39 is 23.8 Å². The van der Waals surface area contributed by atoms with Crippen molar-refractivity contribution in [3.05, 3.63) is 18.0 Å². The van der Waals surface area contributed by atoms with E-state index in [1.165, 1.54) is 0 Å². The first kappa shape index (κ1) is 12.6. The maximum absolute atomic E-state index is 12.3. The summed E-state index contributed by atoms with van der Waals surface area (Å²) in [4.78, 5) is 17.3. The third-order valence-corrected chi connectivity index (χ3v) is 2.59. The summed E-state index contributed by atoms with van der Waals surface area (Å²) in [6.07, 6.45) is -3.13. The summed E-state index contributed by atoms with van der Waals surface area (Å²) in [5, 5.41) is 8.64. The summed E-state index contributed by atoms with van der Waals surface area (Å²) in [6, 6.07) is 0.352. The fraction of sp³-hybridized carbons (Fsp3) is 0.500. The smallest absolute Gasteiger partial charge is 0.433 e. The third-order valence-electron chi connectivity index (χ3n) is 2.59. The second kappa shape index (κ2) is 4.43. The fourth-order valence-corrected chi connectivity index (χ4v) is 1.48. The summed E-state index contributed by atoms with van der Waals surface area (Å²) in [5.41, 5.74) is -1.09. The first-order valence-electron chi connectivity index (χ1n) is 5.14. The molecule has 0 amide bonds. The molecule has 1 heterocycles. The molecule has 1 fully saturated rings. The number of aromatic nitrogens is 2. The van der Waals surface area contributed by atoms with Crippen LogP contribution in [0.15, 0.2) is 12.3 Å². The van der Waals surface area contributed by atoms with E-state index >= 15 is 0 Å². The van der Waals surface area contributed by atoms with Gasteiger partial charge in [-0.1, -0.05) is 0 Å². The number of rotatable bonds is 4. The number of halogens is 3. The molecule has 0 aromatic carbocycles. The van der Waals surface area contributed by atoms with Crippen LogP contribution < -0.4 is 4.74 Å². The van der Waals surface area contributed by atoms with Crippen LogP contribution in [0.1, 0.15) is 12.1 Å². The van der Waals surface area contributed by atoms with E-state index in [0.29, 0.717) is 6.42 Å². The van der Waals surface area contributed by atoms with Crippen molar-refractivity contribution in [3.63, 3.8) is 0 Å². The number of nitrogens with zero attached hydrogens (tertiary/aromatic N) is 2. The molecule has 1 aromatic rings. The van der Waals surface area contributed by atoms with Crippen molar-refractivity contribution >= 4 is 5.97 Å². The molecule has 1 aliphatic carbocycles. The predicted molar refractivity (Wildman–Crippen MR) is 51.8 cm³/mol. The van der Waals surface area contributed by atoms with Crippen molar-refractivity contribution in [2.24, 2.45) is 11.8 Å². The van der Waals surface area contributed by atoms with Crippen molar-refractivity contribution in [1.82, 2.24) is 9.97 Å². The van der Waals surface area contributed by atoms with Crippen LogP contribution in [-0.2, 0) is 11.0 Å². The van der Waals surface area contributed by atoms with Crippen molar-refractivity contribution in [2.45, 2.75) is 12.6 Å². The van der Waals surface area contributed by atoms with E-state index in [0.717, 1.165) is 12.3 Å². The second-order valence-corrected chi connectivity index (χ2v) is 3.97. The summed E-state index contributed by atoms with van der Waals surface area (Å²) in [5.74, 6) is -1.58. The summed E-state index contributed by atoms with van der Waals surface area (Å²) < 4.78 is 41.9. The van der Waals surface area contributed by atoms with Gasteiger partial charge in [0.2, 0.25) is 0 Å². The van der Waals surface area contributed by atoms with Crippen LogP contribution in [0.2, 0.25) is 0 Å². The Morgan fingerprint density at radius 1 is 1.56 bits per heavy atom. The average Bonchev–Trinajstić information content (AvgIpc) is 3.05. The summed E-state index contributed by atoms with van der Waals surface area (Å²) in [7, 11) is 0. The molecule has 1 aromatic heterocycles. The zero-order chi connectivity index (χ0) is 13.3. The minimum Gasteiger partial charge on any atom is -0.481 e. The maximum atomic E-state index is 12.3. The highest BCUT2D eigenvalue weighted by Crippen LogP contribution is 2.38. The monoisotopic (exact) mass is 262 g/mol. The molecule has 8 heteroatoms. The number of hydrogen-bond acceptors (Lipinski definition) is 4. The largest absolute Gasteiger partial charge is 0.481 e. The Bertz CT molecular complexity index is 464. The van der Waals surface area contributed by atoms with Crippen LogP contribution in [0.3, 0.4) is 0 Å². The number of hydrogen-bond donors (Lipinski definition) is 1. The van der Waals surface area contributed by atoms with Crippen LogP contribution in [0.25, 0.3) is 0 Å². The van der Waals surface area contributed by atoms with Crippen LogP contribution in [0.4, 0.5) is 13.2 Å². The number of carbonyl (C=O) groups is 1. The zero-order valence-electron chi connectivity index (χ0n) is 9.02. The SMILES string of the molecule is O=C(O)[C@@H]1C[C@H]1COc1nccc(C(F)(F)F)n1. The lowest BCUT2D eigenvalue weighted by molar-refractivity contribution is -0.141. The van der Waals surface area contributed by atoms with Gasteiger partial charge < -0.3 is 9.84 Å². The molecule has 2 atom stereocenters. The highest BCUT2D eigenvalue weighted by molar-refractivity contribution is 5.73. The minimum atomic E-state index is -4.55. The topological polar surface area (TPSA) is 72.3 Å². The Labute approximate surface area is 99.6 Å². The molecule has 1 saturated carbocycles. The predicted octanol–water partition coefficient (Wildman–Crippen LogP) is 1.59. The number of alkyl halides is 3. The van der Waals surface area contributed by atoms with Gasteiger partial charge in [-0.05, 0) is 12.5 Å². The van der Waals surface area contributed by atoms with Gasteiger partial charge in [-0.3, -0.25) is 4.79 Å². The van der Waals surface area contributed by atoms with Crippen LogP contribution in [0.5, 0.6) is 6.01 Å². The maximum Gasteiger partial charge on any atom is 0.433 e. The zero-order valence-corrected chi connectivity index (χ0v) is 9.02. The van der Waals surface area contributed by atoms with E-state index in [1.807, 2.05) is 0 Å². The molecule has 5 nitrogen and oxygen atoms in total. The van der Waals surface area contributed by atoms with Gasteiger partial charge in [-0.15, -0.1) is 0 Å². The molecule has 2 rings (SSSR count). The lowest BCUT2D eigenvalue weighted by atomic mass is 10.3. The Balaban J connectivity index is 1.93. The average molecular weight is 262 g/mol. The lowest BCUT2D eigenvalue weighted by Crippen LogP contribution is -2.12. The third kappa shape index (κ3) is 2.88. The normalized spacial score (nSPS) is 22.6. The molecule has 0 aliphatic heterocycles. The van der Waals surface area contributed by atoms with Crippen molar-refractivity contribution in [2.75, 3.05) is 6.61 Å². The minimum absolute atomic E-state index is 0.0122. The molecule has 0 bridgehead atoms. The molecule has 18 heavy (non-hydrogen) atoms. The van der Waals surface area contributed by atoms with Crippen molar-refractivity contribution in [3.8, 4) is 6.01 Å². The molecular formula is C10H9F3N2O3. The summed E-state index contributed by atoms with van der Waals surface area (Å²) in [6.45, 7) is 0.0122. The van der Waals surface area contributed by atoms with Gasteiger partial charge in [0.25, 0.3) is 0 Å². The van der Waals surface area contributed by atoms with Gasteiger partial charge in [0.15, 0.2) is 5.69 Å². The van der Waals surface area contributed by atoms with E-state index in [9.17, 15) is 18.0 Å². The van der Waals surface area contributed by atoms with E-state index in [4.69, 9.17) is 9.84 Å². The second-order valence-electron chi connectivity index (χ2n) is 3.97. The van der Waals surface area contributed by atoms with Gasteiger partial charge in [0, 0.05) is 12.1 Å².